The van der Waals surface area contributed by atoms with E-state index in [0.717, 1.165) is 21.8 Å². The van der Waals surface area contributed by atoms with E-state index in [4.69, 9.17) is 0 Å². The number of nitrogens with one attached hydrogen (secondary N) is 1. The number of carbonyl (C=O) groups is 1. The molecular weight excluding hydrogens is 402 g/mol. The summed E-state index contributed by atoms with van der Waals surface area (Å²) in [5.74, 6) is 0.151. The van der Waals surface area contributed by atoms with Gasteiger partial charge in [-0.1, -0.05) is 60.3 Å². The first-order valence-corrected chi connectivity index (χ1v) is 10.9. The normalized spacial score (nSPS) is 11.9. The highest BCUT2D eigenvalue weighted by atomic mass is 32.2. The molecule has 8 heteroatoms. The predicted octanol–water partition coefficient (Wildman–Crippen LogP) is 4.03. The Balaban J connectivity index is 1.47. The number of thioether (sulfide) groups is 1. The fourth-order valence-electron chi connectivity index (χ4n) is 2.96. The summed E-state index contributed by atoms with van der Waals surface area (Å²) in [6.45, 7) is 2.04. The van der Waals surface area contributed by atoms with Crippen molar-refractivity contribution in [3.05, 3.63) is 88.6 Å². The van der Waals surface area contributed by atoms with E-state index in [9.17, 15) is 4.79 Å². The van der Waals surface area contributed by atoms with Crippen molar-refractivity contribution in [1.82, 2.24) is 25.1 Å². The van der Waals surface area contributed by atoms with Gasteiger partial charge in [-0.15, -0.1) is 21.5 Å². The maximum absolute atomic E-state index is 12.7. The molecule has 0 saturated heterocycles. The van der Waals surface area contributed by atoms with Crippen LogP contribution in [0, 0.1) is 6.92 Å². The second-order valence-corrected chi connectivity index (χ2v) is 8.21. The van der Waals surface area contributed by atoms with E-state index < -0.39 is 0 Å². The van der Waals surface area contributed by atoms with Crippen molar-refractivity contribution in [2.45, 2.75) is 18.1 Å². The van der Waals surface area contributed by atoms with Gasteiger partial charge in [-0.3, -0.25) is 9.36 Å². The lowest BCUT2D eigenvalue weighted by molar-refractivity contribution is -0.119. The van der Waals surface area contributed by atoms with Crippen LogP contribution in [0.1, 0.15) is 22.2 Å². The third-order valence-corrected chi connectivity index (χ3v) is 6.14. The number of aryl methyl sites for hydroxylation is 1. The SMILES string of the molecule is Cc1ccccc1-n1cnnc1SCC(=O)NC(c1ccccc1)c1nccs1. The van der Waals surface area contributed by atoms with Crippen LogP contribution in [0.15, 0.2) is 77.7 Å². The Hall–Kier alpha value is -2.97. The standard InChI is InChI=1S/C21H19N5OS2/c1-15-7-5-6-10-17(15)26-14-23-25-21(26)29-13-18(27)24-19(20-22-11-12-28-20)16-8-3-2-4-9-16/h2-12,14,19H,13H2,1H3,(H,24,27). The smallest absolute Gasteiger partial charge is 0.231 e. The van der Waals surface area contributed by atoms with Gasteiger partial charge in [0, 0.05) is 11.6 Å². The summed E-state index contributed by atoms with van der Waals surface area (Å²) in [4.78, 5) is 17.1. The number of amides is 1. The van der Waals surface area contributed by atoms with Crippen LogP contribution in [-0.4, -0.2) is 31.4 Å². The second kappa shape index (κ2) is 9.02. The summed E-state index contributed by atoms with van der Waals surface area (Å²) in [5.41, 5.74) is 3.13. The van der Waals surface area contributed by atoms with E-state index in [1.165, 1.54) is 23.1 Å². The third-order valence-electron chi connectivity index (χ3n) is 4.36. The van der Waals surface area contributed by atoms with Gasteiger partial charge in [0.05, 0.1) is 11.4 Å². The molecular formula is C21H19N5OS2. The van der Waals surface area contributed by atoms with Crippen molar-refractivity contribution in [3.8, 4) is 5.69 Å². The Kier molecular flexibility index (Phi) is 6.02. The average Bonchev–Trinajstić information content (AvgIpc) is 3.44. The molecule has 0 radical (unpaired) electrons. The number of thiazole rings is 1. The van der Waals surface area contributed by atoms with Gasteiger partial charge in [0.2, 0.25) is 5.91 Å². The molecule has 1 atom stereocenters. The van der Waals surface area contributed by atoms with Crippen molar-refractivity contribution in [2.24, 2.45) is 0 Å². The second-order valence-electron chi connectivity index (χ2n) is 6.34. The number of hydrogen-bond donors (Lipinski definition) is 1. The van der Waals surface area contributed by atoms with Crippen molar-refractivity contribution >= 4 is 29.0 Å². The number of carbonyl (C=O) groups excluding carboxylic acids is 1. The topological polar surface area (TPSA) is 72.7 Å². The highest BCUT2D eigenvalue weighted by molar-refractivity contribution is 7.99. The molecule has 0 aliphatic heterocycles. The highest BCUT2D eigenvalue weighted by Crippen LogP contribution is 2.25. The van der Waals surface area contributed by atoms with E-state index in [-0.39, 0.29) is 17.7 Å². The molecule has 1 N–H and O–H groups in total. The molecule has 0 fully saturated rings. The van der Waals surface area contributed by atoms with Crippen LogP contribution in [0.2, 0.25) is 0 Å². The molecule has 4 aromatic rings. The van der Waals surface area contributed by atoms with Crippen LogP contribution >= 0.6 is 23.1 Å². The van der Waals surface area contributed by atoms with Crippen LogP contribution in [0.4, 0.5) is 0 Å². The minimum atomic E-state index is -0.265. The molecule has 2 aromatic carbocycles. The molecule has 146 valence electrons. The first-order valence-electron chi connectivity index (χ1n) is 9.05. The average molecular weight is 422 g/mol. The molecule has 6 nitrogen and oxygen atoms in total. The van der Waals surface area contributed by atoms with Gasteiger partial charge in [0.1, 0.15) is 17.4 Å². The summed E-state index contributed by atoms with van der Waals surface area (Å²) in [6, 6.07) is 17.6. The minimum Gasteiger partial charge on any atom is -0.342 e. The Morgan fingerprint density at radius 2 is 1.97 bits per heavy atom. The molecule has 2 heterocycles. The summed E-state index contributed by atoms with van der Waals surface area (Å²) >= 11 is 2.89. The molecule has 0 aliphatic carbocycles. The summed E-state index contributed by atoms with van der Waals surface area (Å²) < 4.78 is 1.91. The lowest BCUT2D eigenvalue weighted by Crippen LogP contribution is -2.30. The molecule has 0 aliphatic rings. The summed E-state index contributed by atoms with van der Waals surface area (Å²) in [6.07, 6.45) is 3.42. The van der Waals surface area contributed by atoms with E-state index in [1.54, 1.807) is 12.5 Å². The monoisotopic (exact) mass is 421 g/mol. The first-order chi connectivity index (χ1) is 14.2. The van der Waals surface area contributed by atoms with E-state index >= 15 is 0 Å². The third kappa shape index (κ3) is 4.55. The van der Waals surface area contributed by atoms with Crippen LogP contribution in [-0.2, 0) is 4.79 Å². The minimum absolute atomic E-state index is 0.0848. The maximum atomic E-state index is 12.7. The lowest BCUT2D eigenvalue weighted by Gasteiger charge is -2.17. The Morgan fingerprint density at radius 3 is 2.72 bits per heavy atom. The molecule has 0 spiro atoms. The van der Waals surface area contributed by atoms with E-state index in [0.29, 0.717) is 5.16 Å². The van der Waals surface area contributed by atoms with Crippen molar-refractivity contribution in [1.29, 1.82) is 0 Å². The van der Waals surface area contributed by atoms with E-state index in [1.807, 2.05) is 71.5 Å². The number of aromatic nitrogens is 4. The Bertz CT molecular complexity index is 1080. The van der Waals surface area contributed by atoms with Gasteiger partial charge in [0.25, 0.3) is 0 Å². The summed E-state index contributed by atoms with van der Waals surface area (Å²) in [7, 11) is 0. The zero-order valence-electron chi connectivity index (χ0n) is 15.7. The van der Waals surface area contributed by atoms with Gasteiger partial charge < -0.3 is 5.32 Å². The molecule has 1 unspecified atom stereocenters. The predicted molar refractivity (Wildman–Crippen MR) is 115 cm³/mol. The van der Waals surface area contributed by atoms with Crippen LogP contribution in [0.25, 0.3) is 5.69 Å². The van der Waals surface area contributed by atoms with Crippen LogP contribution in [0.3, 0.4) is 0 Å². The Morgan fingerprint density at radius 1 is 1.17 bits per heavy atom. The quantitative estimate of drug-likeness (QED) is 0.456. The lowest BCUT2D eigenvalue weighted by atomic mass is 10.1. The highest BCUT2D eigenvalue weighted by Gasteiger charge is 2.20. The molecule has 4 rings (SSSR count). The van der Waals surface area contributed by atoms with Gasteiger partial charge in [-0.2, -0.15) is 0 Å². The molecule has 1 amide bonds. The number of para-hydroxylation sites is 1. The largest absolute Gasteiger partial charge is 0.342 e. The zero-order chi connectivity index (χ0) is 20.1. The molecule has 0 saturated carbocycles. The summed E-state index contributed by atoms with van der Waals surface area (Å²) in [5, 5.41) is 14.7. The number of nitrogens with zero attached hydrogens (tertiary/aromatic N) is 4. The fraction of sp³-hybridized carbons (Fsp3) is 0.143. The van der Waals surface area contributed by atoms with Gasteiger partial charge in [-0.25, -0.2) is 4.98 Å². The van der Waals surface area contributed by atoms with Crippen molar-refractivity contribution in [3.63, 3.8) is 0 Å². The first kappa shape index (κ1) is 19.4. The van der Waals surface area contributed by atoms with E-state index in [2.05, 4.69) is 20.5 Å². The van der Waals surface area contributed by atoms with Crippen molar-refractivity contribution < 1.29 is 4.79 Å². The van der Waals surface area contributed by atoms with Crippen LogP contribution < -0.4 is 5.32 Å². The maximum Gasteiger partial charge on any atom is 0.231 e. The van der Waals surface area contributed by atoms with Crippen molar-refractivity contribution in [2.75, 3.05) is 5.75 Å². The zero-order valence-corrected chi connectivity index (χ0v) is 17.4. The fourth-order valence-corrected chi connectivity index (χ4v) is 4.41. The molecule has 29 heavy (non-hydrogen) atoms. The van der Waals surface area contributed by atoms with Crippen LogP contribution in [0.5, 0.6) is 0 Å². The molecule has 2 aromatic heterocycles. The Labute approximate surface area is 177 Å². The molecule has 0 bridgehead atoms. The van der Waals surface area contributed by atoms with Gasteiger partial charge >= 0.3 is 0 Å². The number of hydrogen-bond acceptors (Lipinski definition) is 6. The van der Waals surface area contributed by atoms with Gasteiger partial charge in [0.15, 0.2) is 5.16 Å². The number of rotatable bonds is 7. The van der Waals surface area contributed by atoms with Gasteiger partial charge in [-0.05, 0) is 24.1 Å². The number of benzene rings is 2.